The highest BCUT2D eigenvalue weighted by molar-refractivity contribution is 5.61. The highest BCUT2D eigenvalue weighted by Gasteiger charge is 2.18. The number of nitrogens with zero attached hydrogens (tertiary/aromatic N) is 1. The van der Waals surface area contributed by atoms with Gasteiger partial charge in [-0.1, -0.05) is 13.8 Å². The molecular formula is C16H27N3O. The molecule has 1 fully saturated rings. The lowest BCUT2D eigenvalue weighted by Crippen LogP contribution is -2.41. The molecule has 2 rings (SSSR count). The van der Waals surface area contributed by atoms with E-state index in [0.29, 0.717) is 18.3 Å². The van der Waals surface area contributed by atoms with Crippen LogP contribution < -0.4 is 15.8 Å². The Morgan fingerprint density at radius 1 is 1.40 bits per heavy atom. The average Bonchev–Trinajstić information content (AvgIpc) is 2.48. The third-order valence-corrected chi connectivity index (χ3v) is 3.80. The molecule has 4 nitrogen and oxygen atoms in total. The maximum Gasteiger partial charge on any atom is 0.144 e. The van der Waals surface area contributed by atoms with Gasteiger partial charge in [0, 0.05) is 24.3 Å². The van der Waals surface area contributed by atoms with Crippen molar-refractivity contribution in [1.82, 2.24) is 4.90 Å². The number of likely N-dealkylation sites (N-methyl/N-ethyl adjacent to an activating group) is 1. The largest absolute Gasteiger partial charge is 0.491 e. The molecule has 0 radical (unpaired) electrons. The Bertz CT molecular complexity index is 422. The second-order valence-corrected chi connectivity index (χ2v) is 5.48. The van der Waals surface area contributed by atoms with Gasteiger partial charge in [0.2, 0.25) is 0 Å². The molecule has 0 aromatic heterocycles. The first kappa shape index (κ1) is 15.0. The smallest absolute Gasteiger partial charge is 0.144 e. The summed E-state index contributed by atoms with van der Waals surface area (Å²) in [5.74, 6) is 0.792. The minimum absolute atomic E-state index is 0.520. The lowest BCUT2D eigenvalue weighted by molar-refractivity contribution is 0.227. The number of hydrogen-bond donors (Lipinski definition) is 2. The van der Waals surface area contributed by atoms with Crippen LogP contribution in [0.25, 0.3) is 0 Å². The first-order valence-electron chi connectivity index (χ1n) is 7.74. The van der Waals surface area contributed by atoms with Crippen LogP contribution in [0.1, 0.15) is 33.1 Å². The molecule has 3 N–H and O–H groups in total. The number of anilines is 2. The maximum atomic E-state index is 5.95. The summed E-state index contributed by atoms with van der Waals surface area (Å²) < 4.78 is 5.68. The molecule has 0 spiro atoms. The SMILES string of the molecule is CCCOc1cc(NC2CCCN(CC)C2)ccc1N. The summed E-state index contributed by atoms with van der Waals surface area (Å²) in [5, 5.41) is 3.61. The van der Waals surface area contributed by atoms with Gasteiger partial charge in [-0.2, -0.15) is 0 Å². The number of ether oxygens (including phenoxy) is 1. The molecule has 1 aliphatic heterocycles. The number of nitrogens with two attached hydrogens (primary N) is 1. The van der Waals surface area contributed by atoms with Gasteiger partial charge in [0.05, 0.1) is 12.3 Å². The zero-order valence-corrected chi connectivity index (χ0v) is 12.7. The van der Waals surface area contributed by atoms with Crippen molar-refractivity contribution in [2.75, 3.05) is 37.3 Å². The van der Waals surface area contributed by atoms with Gasteiger partial charge in [-0.25, -0.2) is 0 Å². The van der Waals surface area contributed by atoms with Crippen LogP contribution in [0.4, 0.5) is 11.4 Å². The second kappa shape index (κ2) is 7.39. The summed E-state index contributed by atoms with van der Waals surface area (Å²) in [5.41, 5.74) is 7.76. The second-order valence-electron chi connectivity index (χ2n) is 5.48. The third-order valence-electron chi connectivity index (χ3n) is 3.80. The highest BCUT2D eigenvalue weighted by atomic mass is 16.5. The van der Waals surface area contributed by atoms with E-state index in [1.165, 1.54) is 19.4 Å². The van der Waals surface area contributed by atoms with Crippen LogP contribution in [-0.2, 0) is 0 Å². The van der Waals surface area contributed by atoms with Gasteiger partial charge in [0.1, 0.15) is 5.75 Å². The van der Waals surface area contributed by atoms with Crippen LogP contribution >= 0.6 is 0 Å². The summed E-state index contributed by atoms with van der Waals surface area (Å²) >= 11 is 0. The van der Waals surface area contributed by atoms with E-state index >= 15 is 0 Å². The van der Waals surface area contributed by atoms with Crippen molar-refractivity contribution in [3.05, 3.63) is 18.2 Å². The van der Waals surface area contributed by atoms with Crippen LogP contribution in [0.2, 0.25) is 0 Å². The monoisotopic (exact) mass is 277 g/mol. The van der Waals surface area contributed by atoms with E-state index in [-0.39, 0.29) is 0 Å². The molecule has 1 atom stereocenters. The molecule has 0 saturated carbocycles. The molecule has 112 valence electrons. The number of nitrogen functional groups attached to an aromatic ring is 1. The number of benzene rings is 1. The van der Waals surface area contributed by atoms with Crippen molar-refractivity contribution < 1.29 is 4.74 Å². The topological polar surface area (TPSA) is 50.5 Å². The summed E-state index contributed by atoms with van der Waals surface area (Å²) in [7, 11) is 0. The van der Waals surface area contributed by atoms with Crippen LogP contribution in [0.15, 0.2) is 18.2 Å². The Labute approximate surface area is 122 Å². The number of piperidine rings is 1. The third kappa shape index (κ3) is 4.04. The van der Waals surface area contributed by atoms with Crippen molar-refractivity contribution in [3.8, 4) is 5.75 Å². The zero-order valence-electron chi connectivity index (χ0n) is 12.7. The van der Waals surface area contributed by atoms with Crippen LogP contribution in [0.3, 0.4) is 0 Å². The Hall–Kier alpha value is -1.42. The predicted octanol–water partition coefficient (Wildman–Crippen LogP) is 2.95. The minimum Gasteiger partial charge on any atom is -0.491 e. The van der Waals surface area contributed by atoms with Gasteiger partial charge in [-0.05, 0) is 44.5 Å². The number of nitrogens with one attached hydrogen (secondary N) is 1. The molecule has 1 aromatic carbocycles. The van der Waals surface area contributed by atoms with Crippen LogP contribution in [-0.4, -0.2) is 37.2 Å². The van der Waals surface area contributed by atoms with Crippen molar-refractivity contribution in [2.45, 2.75) is 39.2 Å². The van der Waals surface area contributed by atoms with Gasteiger partial charge >= 0.3 is 0 Å². The molecule has 0 bridgehead atoms. The molecule has 4 heteroatoms. The standard InChI is InChI=1S/C16H27N3O/c1-3-10-20-16-11-13(7-8-15(16)17)18-14-6-5-9-19(4-2)12-14/h7-8,11,14,18H,3-6,9-10,12,17H2,1-2H3. The zero-order chi connectivity index (χ0) is 14.4. The summed E-state index contributed by atoms with van der Waals surface area (Å²) in [6.45, 7) is 8.50. The Kier molecular flexibility index (Phi) is 5.53. The quantitative estimate of drug-likeness (QED) is 0.785. The van der Waals surface area contributed by atoms with Gasteiger partial charge < -0.3 is 20.7 Å². The molecule has 1 heterocycles. The molecule has 20 heavy (non-hydrogen) atoms. The van der Waals surface area contributed by atoms with E-state index in [2.05, 4.69) is 24.1 Å². The van der Waals surface area contributed by atoms with Gasteiger partial charge in [-0.3, -0.25) is 0 Å². The van der Waals surface area contributed by atoms with Gasteiger partial charge in [0.15, 0.2) is 0 Å². The molecule has 0 amide bonds. The lowest BCUT2D eigenvalue weighted by Gasteiger charge is -2.33. The first-order chi connectivity index (χ1) is 9.72. The summed E-state index contributed by atoms with van der Waals surface area (Å²) in [6, 6.07) is 6.51. The molecule has 1 aromatic rings. The number of rotatable bonds is 6. The number of likely N-dealkylation sites (tertiary alicyclic amines) is 1. The normalized spacial score (nSPS) is 19.8. The Morgan fingerprint density at radius 2 is 2.25 bits per heavy atom. The van der Waals surface area contributed by atoms with Gasteiger partial charge in [-0.15, -0.1) is 0 Å². The molecule has 1 aliphatic rings. The fraction of sp³-hybridized carbons (Fsp3) is 0.625. The molecule has 1 unspecified atom stereocenters. The van der Waals surface area contributed by atoms with Crippen molar-refractivity contribution in [3.63, 3.8) is 0 Å². The van der Waals surface area contributed by atoms with Crippen molar-refractivity contribution in [1.29, 1.82) is 0 Å². The fourth-order valence-corrected chi connectivity index (χ4v) is 2.66. The Morgan fingerprint density at radius 3 is 3.00 bits per heavy atom. The van der Waals surface area contributed by atoms with E-state index in [0.717, 1.165) is 30.9 Å². The van der Waals surface area contributed by atoms with E-state index in [9.17, 15) is 0 Å². The first-order valence-corrected chi connectivity index (χ1v) is 7.74. The summed E-state index contributed by atoms with van der Waals surface area (Å²) in [6.07, 6.45) is 3.48. The van der Waals surface area contributed by atoms with Crippen LogP contribution in [0, 0.1) is 0 Å². The molecule has 0 aliphatic carbocycles. The maximum absolute atomic E-state index is 5.95. The van der Waals surface area contributed by atoms with Crippen molar-refractivity contribution >= 4 is 11.4 Å². The Balaban J connectivity index is 1.98. The molecular weight excluding hydrogens is 250 g/mol. The van der Waals surface area contributed by atoms with E-state index in [1.54, 1.807) is 0 Å². The summed E-state index contributed by atoms with van der Waals surface area (Å²) in [4.78, 5) is 2.49. The van der Waals surface area contributed by atoms with Crippen molar-refractivity contribution in [2.24, 2.45) is 0 Å². The van der Waals surface area contributed by atoms with E-state index < -0.39 is 0 Å². The predicted molar refractivity (Wildman–Crippen MR) is 85.4 cm³/mol. The van der Waals surface area contributed by atoms with E-state index in [4.69, 9.17) is 10.5 Å². The highest BCUT2D eigenvalue weighted by Crippen LogP contribution is 2.27. The fourth-order valence-electron chi connectivity index (χ4n) is 2.66. The lowest BCUT2D eigenvalue weighted by atomic mass is 10.1. The van der Waals surface area contributed by atoms with Crippen LogP contribution in [0.5, 0.6) is 5.75 Å². The average molecular weight is 277 g/mol. The molecule has 1 saturated heterocycles. The van der Waals surface area contributed by atoms with Gasteiger partial charge in [0.25, 0.3) is 0 Å². The minimum atomic E-state index is 0.520. The number of hydrogen-bond acceptors (Lipinski definition) is 4. The van der Waals surface area contributed by atoms with E-state index in [1.807, 2.05) is 18.2 Å².